The Morgan fingerprint density at radius 1 is 1.06 bits per heavy atom. The molecule has 0 bridgehead atoms. The maximum atomic E-state index is 13.4. The average Bonchev–Trinajstić information content (AvgIpc) is 3.57. The third kappa shape index (κ3) is 4.87. The largest absolute Gasteiger partial charge is 0.416 e. The first-order valence-corrected chi connectivity index (χ1v) is 13.1. The Balaban J connectivity index is 1.32. The maximum Gasteiger partial charge on any atom is 0.416 e. The molecular formula is C28H28F3N3OS. The summed E-state index contributed by atoms with van der Waals surface area (Å²) in [4.78, 5) is 21.8. The average molecular weight is 512 g/mol. The summed E-state index contributed by atoms with van der Waals surface area (Å²) < 4.78 is 39.4. The number of rotatable bonds is 6. The Hall–Kier alpha value is -3.26. The second kappa shape index (κ2) is 10.0. The van der Waals surface area contributed by atoms with Crippen molar-refractivity contribution in [1.29, 1.82) is 0 Å². The van der Waals surface area contributed by atoms with E-state index in [0.29, 0.717) is 38.3 Å². The summed E-state index contributed by atoms with van der Waals surface area (Å²) in [5, 5.41) is 3.18. The number of hydrogen-bond acceptors (Lipinski definition) is 3. The highest BCUT2D eigenvalue weighted by molar-refractivity contribution is 7.10. The van der Waals surface area contributed by atoms with E-state index in [1.54, 1.807) is 17.4 Å². The zero-order valence-electron chi connectivity index (χ0n) is 20.0. The zero-order chi connectivity index (χ0) is 25.3. The van der Waals surface area contributed by atoms with E-state index in [-0.39, 0.29) is 11.8 Å². The van der Waals surface area contributed by atoms with Gasteiger partial charge in [-0.05, 0) is 47.2 Å². The van der Waals surface area contributed by atoms with Gasteiger partial charge in [0.2, 0.25) is 5.91 Å². The van der Waals surface area contributed by atoms with Crippen LogP contribution in [0.3, 0.4) is 0 Å². The maximum absolute atomic E-state index is 13.4. The summed E-state index contributed by atoms with van der Waals surface area (Å²) in [5.74, 6) is 0.0120. The van der Waals surface area contributed by atoms with Gasteiger partial charge in [-0.1, -0.05) is 37.3 Å². The molecular weight excluding hydrogens is 483 g/mol. The van der Waals surface area contributed by atoms with Crippen molar-refractivity contribution in [2.24, 2.45) is 0 Å². The van der Waals surface area contributed by atoms with Crippen molar-refractivity contribution in [3.8, 4) is 0 Å². The van der Waals surface area contributed by atoms with Crippen LogP contribution in [0.25, 0.3) is 10.9 Å². The summed E-state index contributed by atoms with van der Waals surface area (Å²) in [5.41, 5.74) is 3.39. The topological polar surface area (TPSA) is 39.3 Å². The fourth-order valence-corrected chi connectivity index (χ4v) is 5.92. The second-order valence-electron chi connectivity index (χ2n) is 9.13. The molecule has 1 fully saturated rings. The van der Waals surface area contributed by atoms with Gasteiger partial charge in [0.15, 0.2) is 0 Å². The Kier molecular flexibility index (Phi) is 6.79. The molecule has 0 spiro atoms. The highest BCUT2D eigenvalue weighted by Gasteiger charge is 2.32. The summed E-state index contributed by atoms with van der Waals surface area (Å²) in [6.07, 6.45) is -1.05. The number of carbonyl (C=O) groups is 1. The Bertz CT molecular complexity index is 1340. The van der Waals surface area contributed by atoms with Crippen LogP contribution in [0, 0.1) is 0 Å². The lowest BCUT2D eigenvalue weighted by Gasteiger charge is -2.37. The number of aromatic nitrogens is 1. The van der Waals surface area contributed by atoms with Crippen molar-refractivity contribution in [2.45, 2.75) is 31.9 Å². The standard InChI is InChI=1S/C28H28F3N3OS/c1-2-19-6-3-9-22-24(18-32-27(19)22)23(25-10-5-15-36-25)17-26(35)34-13-11-33(12-14-34)21-8-4-7-20(16-21)28(29,30)31/h3-10,15-16,18,23,32H,2,11-14,17H2,1H3. The van der Waals surface area contributed by atoms with Crippen LogP contribution in [0.5, 0.6) is 0 Å². The first-order chi connectivity index (χ1) is 17.3. The van der Waals surface area contributed by atoms with E-state index in [9.17, 15) is 18.0 Å². The number of para-hydroxylation sites is 1. The van der Waals surface area contributed by atoms with Gasteiger partial charge in [-0.2, -0.15) is 13.2 Å². The van der Waals surface area contributed by atoms with E-state index in [4.69, 9.17) is 0 Å². The second-order valence-corrected chi connectivity index (χ2v) is 10.1. The van der Waals surface area contributed by atoms with Crippen LogP contribution in [-0.2, 0) is 17.4 Å². The van der Waals surface area contributed by atoms with Crippen molar-refractivity contribution < 1.29 is 18.0 Å². The quantitative estimate of drug-likeness (QED) is 0.314. The van der Waals surface area contributed by atoms with Gasteiger partial charge in [0, 0.05) is 66.2 Å². The molecule has 3 heterocycles. The molecule has 1 unspecified atom stereocenters. The normalized spacial score (nSPS) is 15.4. The molecule has 5 rings (SSSR count). The van der Waals surface area contributed by atoms with E-state index < -0.39 is 11.7 Å². The minimum absolute atomic E-state index is 0.0557. The van der Waals surface area contributed by atoms with Gasteiger partial charge >= 0.3 is 6.18 Å². The molecule has 4 aromatic rings. The number of halogens is 3. The predicted octanol–water partition coefficient (Wildman–Crippen LogP) is 6.68. The summed E-state index contributed by atoms with van der Waals surface area (Å²) >= 11 is 1.65. The molecule has 1 atom stereocenters. The molecule has 2 aromatic carbocycles. The minimum atomic E-state index is -4.37. The number of nitrogens with zero attached hydrogens (tertiary/aromatic N) is 2. The van der Waals surface area contributed by atoms with Gasteiger partial charge < -0.3 is 14.8 Å². The third-order valence-electron chi connectivity index (χ3n) is 7.03. The number of alkyl halides is 3. The van der Waals surface area contributed by atoms with Crippen LogP contribution in [0.15, 0.2) is 66.2 Å². The number of thiophene rings is 1. The Morgan fingerprint density at radius 2 is 1.83 bits per heavy atom. The first-order valence-electron chi connectivity index (χ1n) is 12.2. The molecule has 1 saturated heterocycles. The number of anilines is 1. The SMILES string of the molecule is CCc1cccc2c(C(CC(=O)N3CCN(c4cccc(C(F)(F)F)c4)CC3)c3cccs3)c[nH]c12. The highest BCUT2D eigenvalue weighted by Crippen LogP contribution is 2.37. The zero-order valence-corrected chi connectivity index (χ0v) is 20.8. The summed E-state index contributed by atoms with van der Waals surface area (Å²) in [6.45, 7) is 4.11. The lowest BCUT2D eigenvalue weighted by Crippen LogP contribution is -2.49. The minimum Gasteiger partial charge on any atom is -0.368 e. The van der Waals surface area contributed by atoms with Gasteiger partial charge in [-0.3, -0.25) is 4.79 Å². The Morgan fingerprint density at radius 3 is 2.53 bits per heavy atom. The van der Waals surface area contributed by atoms with E-state index in [2.05, 4.69) is 36.2 Å². The van der Waals surface area contributed by atoms with Crippen molar-refractivity contribution in [2.75, 3.05) is 31.1 Å². The molecule has 188 valence electrons. The molecule has 4 nitrogen and oxygen atoms in total. The van der Waals surface area contributed by atoms with E-state index in [1.165, 1.54) is 17.7 Å². The van der Waals surface area contributed by atoms with Crippen LogP contribution in [0.2, 0.25) is 0 Å². The highest BCUT2D eigenvalue weighted by atomic mass is 32.1. The number of benzene rings is 2. The number of fused-ring (bicyclic) bond motifs is 1. The van der Waals surface area contributed by atoms with Crippen LogP contribution in [0.1, 0.15) is 40.8 Å². The van der Waals surface area contributed by atoms with E-state index >= 15 is 0 Å². The van der Waals surface area contributed by atoms with Crippen LogP contribution in [-0.4, -0.2) is 42.0 Å². The fraction of sp³-hybridized carbons (Fsp3) is 0.321. The molecule has 2 aromatic heterocycles. The molecule has 1 aliphatic rings. The lowest BCUT2D eigenvalue weighted by atomic mass is 9.92. The number of hydrogen-bond donors (Lipinski definition) is 1. The predicted molar refractivity (Wildman–Crippen MR) is 139 cm³/mol. The number of piperazine rings is 1. The van der Waals surface area contributed by atoms with Crippen molar-refractivity contribution in [3.63, 3.8) is 0 Å². The van der Waals surface area contributed by atoms with Gasteiger partial charge in [0.25, 0.3) is 0 Å². The van der Waals surface area contributed by atoms with E-state index in [0.717, 1.165) is 33.8 Å². The molecule has 0 radical (unpaired) electrons. The van der Waals surface area contributed by atoms with Crippen molar-refractivity contribution in [1.82, 2.24) is 9.88 Å². The monoisotopic (exact) mass is 511 g/mol. The third-order valence-corrected chi connectivity index (χ3v) is 8.01. The van der Waals surface area contributed by atoms with Crippen LogP contribution >= 0.6 is 11.3 Å². The molecule has 0 aliphatic carbocycles. The van der Waals surface area contributed by atoms with Crippen LogP contribution in [0.4, 0.5) is 18.9 Å². The Labute approximate surface area is 212 Å². The van der Waals surface area contributed by atoms with Crippen molar-refractivity contribution >= 4 is 33.8 Å². The van der Waals surface area contributed by atoms with Gasteiger partial charge in [0.1, 0.15) is 0 Å². The number of aromatic amines is 1. The molecule has 36 heavy (non-hydrogen) atoms. The molecule has 8 heteroatoms. The van der Waals surface area contributed by atoms with Gasteiger partial charge in [-0.15, -0.1) is 11.3 Å². The molecule has 1 aliphatic heterocycles. The fourth-order valence-electron chi connectivity index (χ4n) is 5.07. The molecule has 1 amide bonds. The number of nitrogens with one attached hydrogen (secondary N) is 1. The van der Waals surface area contributed by atoms with Crippen LogP contribution < -0.4 is 4.90 Å². The molecule has 1 N–H and O–H groups in total. The number of carbonyl (C=O) groups excluding carboxylic acids is 1. The van der Waals surface area contributed by atoms with Gasteiger partial charge in [0.05, 0.1) is 5.56 Å². The van der Waals surface area contributed by atoms with Gasteiger partial charge in [-0.25, -0.2) is 0 Å². The smallest absolute Gasteiger partial charge is 0.368 e. The number of amides is 1. The summed E-state index contributed by atoms with van der Waals surface area (Å²) in [6, 6.07) is 15.8. The van der Waals surface area contributed by atoms with Crippen molar-refractivity contribution in [3.05, 3.63) is 87.7 Å². The lowest BCUT2D eigenvalue weighted by molar-refractivity contribution is -0.137. The number of H-pyrrole nitrogens is 1. The summed E-state index contributed by atoms with van der Waals surface area (Å²) in [7, 11) is 0. The number of aryl methyl sites for hydroxylation is 1. The molecule has 0 saturated carbocycles. The first kappa shape index (κ1) is 24.4. The van der Waals surface area contributed by atoms with E-state index in [1.807, 2.05) is 27.4 Å².